The SMILES string of the molecule is CNc1nc(-c2cc(Cl)ccc2C)nc2cccc(C)c12. The highest BCUT2D eigenvalue weighted by Crippen LogP contribution is 2.29. The largest absolute Gasteiger partial charge is 0.373 e. The molecule has 0 spiro atoms. The van der Waals surface area contributed by atoms with Crippen LogP contribution in [0.25, 0.3) is 22.3 Å². The quantitative estimate of drug-likeness (QED) is 0.750. The molecule has 0 fully saturated rings. The topological polar surface area (TPSA) is 37.8 Å². The van der Waals surface area contributed by atoms with Crippen molar-refractivity contribution in [2.45, 2.75) is 13.8 Å². The van der Waals surface area contributed by atoms with E-state index < -0.39 is 0 Å². The number of nitrogens with one attached hydrogen (secondary N) is 1. The second kappa shape index (κ2) is 5.34. The number of rotatable bonds is 2. The lowest BCUT2D eigenvalue weighted by Gasteiger charge is -2.11. The Hall–Kier alpha value is -2.13. The van der Waals surface area contributed by atoms with E-state index >= 15 is 0 Å². The maximum absolute atomic E-state index is 6.11. The van der Waals surface area contributed by atoms with E-state index in [4.69, 9.17) is 16.6 Å². The summed E-state index contributed by atoms with van der Waals surface area (Å²) in [5.74, 6) is 1.53. The third kappa shape index (κ3) is 2.45. The van der Waals surface area contributed by atoms with Crippen LogP contribution >= 0.6 is 11.6 Å². The van der Waals surface area contributed by atoms with Gasteiger partial charge in [0.25, 0.3) is 0 Å². The molecule has 0 aliphatic rings. The zero-order valence-corrected chi connectivity index (χ0v) is 13.0. The van der Waals surface area contributed by atoms with Crippen molar-refractivity contribution in [3.05, 3.63) is 52.5 Å². The highest BCUT2D eigenvalue weighted by Gasteiger charge is 2.12. The van der Waals surface area contributed by atoms with Crippen LogP contribution in [0.3, 0.4) is 0 Å². The Balaban J connectivity index is 2.32. The molecule has 3 aromatic rings. The molecule has 1 aromatic heterocycles. The number of aromatic nitrogens is 2. The van der Waals surface area contributed by atoms with E-state index in [0.717, 1.165) is 33.4 Å². The van der Waals surface area contributed by atoms with Gasteiger partial charge in [0.05, 0.1) is 5.52 Å². The number of hydrogen-bond donors (Lipinski definition) is 1. The average Bonchev–Trinajstić information content (AvgIpc) is 2.48. The number of hydrogen-bond acceptors (Lipinski definition) is 3. The molecular weight excluding hydrogens is 282 g/mol. The molecule has 0 unspecified atom stereocenters. The van der Waals surface area contributed by atoms with Gasteiger partial charge in [0.15, 0.2) is 5.82 Å². The standard InChI is InChI=1S/C17H16ClN3/c1-10-7-8-12(18)9-13(10)16-20-14-6-4-5-11(2)15(14)17(19-3)21-16/h4-9H,1-3H3,(H,19,20,21). The van der Waals surface area contributed by atoms with Gasteiger partial charge in [-0.05, 0) is 43.2 Å². The minimum atomic E-state index is 0.689. The first-order chi connectivity index (χ1) is 10.1. The number of aryl methyl sites for hydroxylation is 2. The van der Waals surface area contributed by atoms with Crippen molar-refractivity contribution in [1.29, 1.82) is 0 Å². The summed E-state index contributed by atoms with van der Waals surface area (Å²) in [6.07, 6.45) is 0. The molecule has 1 heterocycles. The summed E-state index contributed by atoms with van der Waals surface area (Å²) in [5.41, 5.74) is 4.16. The Morgan fingerprint density at radius 2 is 1.81 bits per heavy atom. The molecule has 1 N–H and O–H groups in total. The summed E-state index contributed by atoms with van der Waals surface area (Å²) in [6, 6.07) is 11.9. The van der Waals surface area contributed by atoms with Gasteiger partial charge in [-0.15, -0.1) is 0 Å². The van der Waals surface area contributed by atoms with Gasteiger partial charge in [-0.25, -0.2) is 9.97 Å². The molecule has 106 valence electrons. The smallest absolute Gasteiger partial charge is 0.162 e. The monoisotopic (exact) mass is 297 g/mol. The molecule has 0 aliphatic heterocycles. The molecule has 0 atom stereocenters. The van der Waals surface area contributed by atoms with Crippen LogP contribution in [0, 0.1) is 13.8 Å². The van der Waals surface area contributed by atoms with Gasteiger partial charge in [-0.2, -0.15) is 0 Å². The summed E-state index contributed by atoms with van der Waals surface area (Å²) < 4.78 is 0. The third-order valence-corrected chi connectivity index (χ3v) is 3.84. The number of nitrogens with zero attached hydrogens (tertiary/aromatic N) is 2. The van der Waals surface area contributed by atoms with Gasteiger partial charge in [0, 0.05) is 23.0 Å². The average molecular weight is 298 g/mol. The van der Waals surface area contributed by atoms with E-state index in [1.54, 1.807) is 0 Å². The first-order valence-electron chi connectivity index (χ1n) is 6.82. The van der Waals surface area contributed by atoms with Crippen LogP contribution < -0.4 is 5.32 Å². The van der Waals surface area contributed by atoms with Crippen LogP contribution in [0.4, 0.5) is 5.82 Å². The number of halogens is 1. The van der Waals surface area contributed by atoms with Crippen molar-refractivity contribution in [1.82, 2.24) is 9.97 Å². The lowest BCUT2D eigenvalue weighted by Crippen LogP contribution is -2.00. The summed E-state index contributed by atoms with van der Waals surface area (Å²) >= 11 is 6.11. The molecule has 0 saturated heterocycles. The molecule has 0 radical (unpaired) electrons. The maximum Gasteiger partial charge on any atom is 0.162 e. The highest BCUT2D eigenvalue weighted by molar-refractivity contribution is 6.30. The molecule has 3 rings (SSSR count). The van der Waals surface area contributed by atoms with E-state index in [-0.39, 0.29) is 0 Å². The molecule has 2 aromatic carbocycles. The molecule has 3 nitrogen and oxygen atoms in total. The van der Waals surface area contributed by atoms with Crippen molar-refractivity contribution in [3.8, 4) is 11.4 Å². The molecule has 21 heavy (non-hydrogen) atoms. The Labute approximate surface area is 129 Å². The van der Waals surface area contributed by atoms with E-state index in [2.05, 4.69) is 23.3 Å². The van der Waals surface area contributed by atoms with Crippen molar-refractivity contribution in [2.24, 2.45) is 0 Å². The zero-order chi connectivity index (χ0) is 15.0. The van der Waals surface area contributed by atoms with Crippen molar-refractivity contribution in [2.75, 3.05) is 12.4 Å². The van der Waals surface area contributed by atoms with E-state index in [0.29, 0.717) is 10.8 Å². The Morgan fingerprint density at radius 1 is 1.00 bits per heavy atom. The maximum atomic E-state index is 6.11. The van der Waals surface area contributed by atoms with Crippen LogP contribution in [0.1, 0.15) is 11.1 Å². The van der Waals surface area contributed by atoms with Crippen LogP contribution in [0.5, 0.6) is 0 Å². The van der Waals surface area contributed by atoms with Crippen molar-refractivity contribution in [3.63, 3.8) is 0 Å². The predicted molar refractivity (Wildman–Crippen MR) is 89.0 cm³/mol. The fourth-order valence-electron chi connectivity index (χ4n) is 2.49. The zero-order valence-electron chi connectivity index (χ0n) is 12.2. The van der Waals surface area contributed by atoms with Crippen LogP contribution in [-0.4, -0.2) is 17.0 Å². The Kier molecular flexibility index (Phi) is 3.52. The van der Waals surface area contributed by atoms with Gasteiger partial charge in [0.2, 0.25) is 0 Å². The fraction of sp³-hybridized carbons (Fsp3) is 0.176. The van der Waals surface area contributed by atoms with Crippen LogP contribution in [-0.2, 0) is 0 Å². The first-order valence-corrected chi connectivity index (χ1v) is 7.19. The van der Waals surface area contributed by atoms with Crippen LogP contribution in [0.15, 0.2) is 36.4 Å². The second-order valence-corrected chi connectivity index (χ2v) is 5.51. The minimum Gasteiger partial charge on any atom is -0.373 e. The van der Waals surface area contributed by atoms with Crippen molar-refractivity contribution < 1.29 is 0 Å². The summed E-state index contributed by atoms with van der Waals surface area (Å²) in [4.78, 5) is 9.38. The molecule has 0 bridgehead atoms. The normalized spacial score (nSPS) is 10.9. The van der Waals surface area contributed by atoms with Gasteiger partial charge in [0.1, 0.15) is 5.82 Å². The molecule has 0 saturated carbocycles. The molecule has 0 amide bonds. The lowest BCUT2D eigenvalue weighted by molar-refractivity contribution is 1.20. The summed E-state index contributed by atoms with van der Waals surface area (Å²) in [7, 11) is 1.88. The fourth-order valence-corrected chi connectivity index (χ4v) is 2.66. The Bertz CT molecular complexity index is 828. The van der Waals surface area contributed by atoms with Crippen molar-refractivity contribution >= 4 is 28.3 Å². The van der Waals surface area contributed by atoms with Gasteiger partial charge in [-0.1, -0.05) is 29.8 Å². The molecule has 0 aliphatic carbocycles. The predicted octanol–water partition coefficient (Wildman–Crippen LogP) is 4.61. The second-order valence-electron chi connectivity index (χ2n) is 5.07. The van der Waals surface area contributed by atoms with Gasteiger partial charge in [-0.3, -0.25) is 0 Å². The number of benzene rings is 2. The molecular formula is C17H16ClN3. The van der Waals surface area contributed by atoms with E-state index in [1.165, 1.54) is 0 Å². The Morgan fingerprint density at radius 3 is 2.57 bits per heavy atom. The first kappa shape index (κ1) is 13.8. The number of fused-ring (bicyclic) bond motifs is 1. The highest BCUT2D eigenvalue weighted by atomic mass is 35.5. The van der Waals surface area contributed by atoms with E-state index in [1.807, 2.05) is 44.3 Å². The lowest BCUT2D eigenvalue weighted by atomic mass is 10.1. The molecule has 4 heteroatoms. The summed E-state index contributed by atoms with van der Waals surface area (Å²) in [5, 5.41) is 4.92. The van der Waals surface area contributed by atoms with Gasteiger partial charge >= 0.3 is 0 Å². The van der Waals surface area contributed by atoms with Gasteiger partial charge < -0.3 is 5.32 Å². The summed E-state index contributed by atoms with van der Waals surface area (Å²) in [6.45, 7) is 4.10. The third-order valence-electron chi connectivity index (χ3n) is 3.61. The number of anilines is 1. The van der Waals surface area contributed by atoms with Crippen LogP contribution in [0.2, 0.25) is 5.02 Å². The minimum absolute atomic E-state index is 0.689. The van der Waals surface area contributed by atoms with E-state index in [9.17, 15) is 0 Å².